The molecule has 0 saturated carbocycles. The van der Waals surface area contributed by atoms with Crippen LogP contribution >= 0.6 is 11.3 Å². The summed E-state index contributed by atoms with van der Waals surface area (Å²) in [4.78, 5) is 29.5. The number of nitrogens with one attached hydrogen (secondary N) is 1. The predicted octanol–water partition coefficient (Wildman–Crippen LogP) is 4.09. The highest BCUT2D eigenvalue weighted by Crippen LogP contribution is 2.38. The number of piperidine rings is 1. The van der Waals surface area contributed by atoms with Crippen molar-refractivity contribution in [2.45, 2.75) is 19.0 Å². The highest BCUT2D eigenvalue weighted by Gasteiger charge is 2.36. The van der Waals surface area contributed by atoms with Crippen LogP contribution in [-0.2, 0) is 15.7 Å². The Bertz CT molecular complexity index is 959. The van der Waals surface area contributed by atoms with Crippen molar-refractivity contribution >= 4 is 34.5 Å². The molecule has 3 heterocycles. The molecule has 0 spiro atoms. The van der Waals surface area contributed by atoms with Crippen LogP contribution in [-0.4, -0.2) is 56.1 Å². The van der Waals surface area contributed by atoms with E-state index >= 15 is 0 Å². The molecule has 0 radical (unpaired) electrons. The van der Waals surface area contributed by atoms with E-state index in [4.69, 9.17) is 4.74 Å². The highest BCUT2D eigenvalue weighted by atomic mass is 32.1. The minimum Gasteiger partial charge on any atom is -0.378 e. The first-order valence-corrected chi connectivity index (χ1v) is 11.4. The molecule has 6 nitrogen and oxygen atoms in total. The van der Waals surface area contributed by atoms with Gasteiger partial charge in [-0.25, -0.2) is 0 Å². The summed E-state index contributed by atoms with van der Waals surface area (Å²) in [5.74, 6) is -1.21. The Kier molecular flexibility index (Phi) is 6.71. The summed E-state index contributed by atoms with van der Waals surface area (Å²) in [6, 6.07) is 7.48. The van der Waals surface area contributed by atoms with Gasteiger partial charge in [-0.05, 0) is 42.5 Å². The Morgan fingerprint density at radius 1 is 1.12 bits per heavy atom. The molecule has 172 valence electrons. The molecule has 1 atom stereocenters. The summed E-state index contributed by atoms with van der Waals surface area (Å²) < 4.78 is 46.6. The number of hydrogen-bond donors (Lipinski definition) is 1. The van der Waals surface area contributed by atoms with Crippen molar-refractivity contribution in [3.8, 4) is 0 Å². The zero-order chi connectivity index (χ0) is 22.7. The van der Waals surface area contributed by atoms with Gasteiger partial charge in [0.2, 0.25) is 5.91 Å². The molecule has 2 aromatic rings. The van der Waals surface area contributed by atoms with Gasteiger partial charge >= 0.3 is 6.18 Å². The van der Waals surface area contributed by atoms with Crippen LogP contribution in [0.4, 0.5) is 24.5 Å². The number of nitrogens with zero attached hydrogens (tertiary/aromatic N) is 2. The van der Waals surface area contributed by atoms with Crippen molar-refractivity contribution in [1.82, 2.24) is 4.90 Å². The number of alkyl halides is 3. The number of carbonyl (C=O) groups excluding carboxylic acids is 2. The maximum absolute atomic E-state index is 13.8. The van der Waals surface area contributed by atoms with E-state index in [0.717, 1.165) is 6.07 Å². The minimum atomic E-state index is -4.61. The van der Waals surface area contributed by atoms with Crippen molar-refractivity contribution in [2.24, 2.45) is 5.92 Å². The topological polar surface area (TPSA) is 61.9 Å². The van der Waals surface area contributed by atoms with Crippen LogP contribution in [0.1, 0.15) is 28.1 Å². The molecule has 4 rings (SSSR count). The Hall–Kier alpha value is -2.59. The van der Waals surface area contributed by atoms with Crippen LogP contribution < -0.4 is 10.2 Å². The second-order valence-corrected chi connectivity index (χ2v) is 8.83. The van der Waals surface area contributed by atoms with Crippen LogP contribution in [0.2, 0.25) is 0 Å². The van der Waals surface area contributed by atoms with E-state index in [1.165, 1.54) is 17.4 Å². The van der Waals surface area contributed by atoms with Gasteiger partial charge in [-0.3, -0.25) is 9.59 Å². The molecule has 2 saturated heterocycles. The number of thiophene rings is 1. The summed E-state index contributed by atoms with van der Waals surface area (Å²) in [5, 5.41) is 4.28. The van der Waals surface area contributed by atoms with Crippen LogP contribution in [0.3, 0.4) is 0 Å². The van der Waals surface area contributed by atoms with Crippen LogP contribution in [0.5, 0.6) is 0 Å². The fraction of sp³-hybridized carbons (Fsp3) is 0.455. The number of ether oxygens (including phenoxy) is 1. The first-order chi connectivity index (χ1) is 15.3. The first kappa shape index (κ1) is 22.6. The Labute approximate surface area is 187 Å². The third kappa shape index (κ3) is 5.07. The summed E-state index contributed by atoms with van der Waals surface area (Å²) in [5.41, 5.74) is -0.692. The largest absolute Gasteiger partial charge is 0.418 e. The van der Waals surface area contributed by atoms with Crippen molar-refractivity contribution in [3.63, 3.8) is 0 Å². The smallest absolute Gasteiger partial charge is 0.378 e. The lowest BCUT2D eigenvalue weighted by Crippen LogP contribution is -2.43. The average molecular weight is 468 g/mol. The predicted molar refractivity (Wildman–Crippen MR) is 116 cm³/mol. The molecule has 0 bridgehead atoms. The highest BCUT2D eigenvalue weighted by molar-refractivity contribution is 7.12. The molecule has 1 aromatic heterocycles. The summed E-state index contributed by atoms with van der Waals surface area (Å²) in [6.45, 7) is 2.67. The third-order valence-corrected chi connectivity index (χ3v) is 6.61. The molecule has 2 aliphatic heterocycles. The second kappa shape index (κ2) is 9.50. The van der Waals surface area contributed by atoms with Gasteiger partial charge in [-0.2, -0.15) is 13.2 Å². The lowest BCUT2D eigenvalue weighted by atomic mass is 9.96. The number of benzene rings is 1. The van der Waals surface area contributed by atoms with Gasteiger partial charge in [-0.1, -0.05) is 6.07 Å². The van der Waals surface area contributed by atoms with Gasteiger partial charge in [0.1, 0.15) is 0 Å². The fourth-order valence-corrected chi connectivity index (χ4v) is 4.75. The fourth-order valence-electron chi connectivity index (χ4n) is 4.06. The molecular weight excluding hydrogens is 443 g/mol. The van der Waals surface area contributed by atoms with Crippen molar-refractivity contribution in [3.05, 3.63) is 46.2 Å². The number of halogens is 3. The van der Waals surface area contributed by atoms with Crippen molar-refractivity contribution < 1.29 is 27.5 Å². The van der Waals surface area contributed by atoms with Crippen LogP contribution in [0, 0.1) is 5.92 Å². The zero-order valence-corrected chi connectivity index (χ0v) is 18.2. The summed E-state index contributed by atoms with van der Waals surface area (Å²) >= 11 is 1.33. The molecule has 1 N–H and O–H groups in total. The van der Waals surface area contributed by atoms with Gasteiger partial charge < -0.3 is 19.9 Å². The normalized spacial score (nSPS) is 19.7. The maximum atomic E-state index is 13.8. The quantitative estimate of drug-likeness (QED) is 0.736. The zero-order valence-electron chi connectivity index (χ0n) is 17.4. The average Bonchev–Trinajstić information content (AvgIpc) is 3.34. The number of amides is 2. The Morgan fingerprint density at radius 3 is 2.59 bits per heavy atom. The van der Waals surface area contributed by atoms with E-state index in [1.54, 1.807) is 28.5 Å². The molecule has 1 unspecified atom stereocenters. The van der Waals surface area contributed by atoms with E-state index in [1.807, 2.05) is 4.90 Å². The van der Waals surface area contributed by atoms with Gasteiger partial charge in [0.15, 0.2) is 0 Å². The molecule has 1 aromatic carbocycles. The number of carbonyl (C=O) groups is 2. The minimum absolute atomic E-state index is 0.150. The molecular formula is C22H24F3N3O3S. The van der Waals surface area contributed by atoms with Gasteiger partial charge in [0.25, 0.3) is 5.91 Å². The molecule has 2 fully saturated rings. The van der Waals surface area contributed by atoms with Gasteiger partial charge in [0, 0.05) is 31.9 Å². The second-order valence-electron chi connectivity index (χ2n) is 7.88. The monoisotopic (exact) mass is 467 g/mol. The van der Waals surface area contributed by atoms with E-state index in [0.29, 0.717) is 56.3 Å². The number of anilines is 2. The molecule has 0 aliphatic carbocycles. The Balaban J connectivity index is 1.48. The molecule has 2 amide bonds. The van der Waals surface area contributed by atoms with Gasteiger partial charge in [0.05, 0.1) is 35.3 Å². The third-order valence-electron chi connectivity index (χ3n) is 5.75. The maximum Gasteiger partial charge on any atom is 0.418 e. The van der Waals surface area contributed by atoms with E-state index in [9.17, 15) is 22.8 Å². The standard InChI is InChI=1S/C22H24F3N3O3S/c23-22(24,25)17-13-16(27-8-10-31-11-9-27)5-6-18(17)26-20(29)15-3-1-7-28(14-15)21(30)19-4-2-12-32-19/h2,4-6,12-13,15H,1,3,7-11,14H2,(H,26,29). The SMILES string of the molecule is O=C(Nc1ccc(N2CCOCC2)cc1C(F)(F)F)C1CCCN(C(=O)c2cccs2)C1. The molecule has 10 heteroatoms. The summed E-state index contributed by atoms with van der Waals surface area (Å²) in [6.07, 6.45) is -3.47. The number of morpholine rings is 1. The number of rotatable bonds is 4. The van der Waals surface area contributed by atoms with E-state index in [2.05, 4.69) is 5.32 Å². The lowest BCUT2D eigenvalue weighted by molar-refractivity contribution is -0.137. The van der Waals surface area contributed by atoms with Crippen LogP contribution in [0.15, 0.2) is 35.7 Å². The molecule has 2 aliphatic rings. The number of likely N-dealkylation sites (tertiary alicyclic amines) is 1. The summed E-state index contributed by atoms with van der Waals surface area (Å²) in [7, 11) is 0. The van der Waals surface area contributed by atoms with Crippen LogP contribution in [0.25, 0.3) is 0 Å². The van der Waals surface area contributed by atoms with E-state index in [-0.39, 0.29) is 18.1 Å². The number of hydrogen-bond acceptors (Lipinski definition) is 5. The molecule has 32 heavy (non-hydrogen) atoms. The Morgan fingerprint density at radius 2 is 1.91 bits per heavy atom. The van der Waals surface area contributed by atoms with Crippen molar-refractivity contribution in [2.75, 3.05) is 49.6 Å². The lowest BCUT2D eigenvalue weighted by Gasteiger charge is -2.32. The van der Waals surface area contributed by atoms with Crippen molar-refractivity contribution in [1.29, 1.82) is 0 Å². The first-order valence-electron chi connectivity index (χ1n) is 10.5. The van der Waals surface area contributed by atoms with Gasteiger partial charge in [-0.15, -0.1) is 11.3 Å². The van der Waals surface area contributed by atoms with E-state index < -0.39 is 23.6 Å².